The van der Waals surface area contributed by atoms with Crippen LogP contribution in [-0.2, 0) is 6.54 Å². The number of thiazole rings is 1. The quantitative estimate of drug-likeness (QED) is 0.426. The molecule has 3 aromatic carbocycles. The molecule has 4 heteroatoms. The fraction of sp³-hybridized carbons (Fsp3) is 0.167. The van der Waals surface area contributed by atoms with E-state index in [1.54, 1.807) is 16.2 Å². The third kappa shape index (κ3) is 3.69. The average Bonchev–Trinajstić information content (AvgIpc) is 3.11. The number of anilines is 1. The van der Waals surface area contributed by atoms with Gasteiger partial charge in [0.15, 0.2) is 5.13 Å². The maximum absolute atomic E-state index is 13.5. The van der Waals surface area contributed by atoms with E-state index in [1.807, 2.05) is 62.4 Å². The summed E-state index contributed by atoms with van der Waals surface area (Å²) < 4.78 is 1.10. The van der Waals surface area contributed by atoms with E-state index < -0.39 is 0 Å². The van der Waals surface area contributed by atoms with Crippen molar-refractivity contribution in [3.05, 3.63) is 94.5 Å². The molecule has 140 valence electrons. The number of carbonyl (C=O) groups is 1. The molecule has 0 radical (unpaired) electrons. The molecule has 1 amide bonds. The molecule has 0 spiro atoms. The summed E-state index contributed by atoms with van der Waals surface area (Å²) in [5.41, 5.74) is 6.04. The highest BCUT2D eigenvalue weighted by Crippen LogP contribution is 2.32. The second kappa shape index (κ2) is 7.56. The van der Waals surface area contributed by atoms with Crippen LogP contribution in [0, 0.1) is 20.8 Å². The number of aromatic nitrogens is 1. The van der Waals surface area contributed by atoms with Crippen molar-refractivity contribution in [1.82, 2.24) is 4.98 Å². The van der Waals surface area contributed by atoms with Gasteiger partial charge >= 0.3 is 0 Å². The van der Waals surface area contributed by atoms with Crippen LogP contribution in [0.5, 0.6) is 0 Å². The highest BCUT2D eigenvalue weighted by atomic mass is 32.1. The normalized spacial score (nSPS) is 11.0. The first-order valence-electron chi connectivity index (χ1n) is 9.31. The van der Waals surface area contributed by atoms with Gasteiger partial charge in [-0.3, -0.25) is 9.69 Å². The Morgan fingerprint density at radius 2 is 1.64 bits per heavy atom. The molecule has 0 atom stereocenters. The number of aryl methyl sites for hydroxylation is 3. The number of benzene rings is 3. The number of amides is 1. The van der Waals surface area contributed by atoms with Gasteiger partial charge in [-0.05, 0) is 50.1 Å². The van der Waals surface area contributed by atoms with Crippen molar-refractivity contribution in [2.45, 2.75) is 27.3 Å². The summed E-state index contributed by atoms with van der Waals surface area (Å²) in [5.74, 6) is -0.0210. The van der Waals surface area contributed by atoms with Crippen molar-refractivity contribution in [2.24, 2.45) is 0 Å². The van der Waals surface area contributed by atoms with Gasteiger partial charge in [-0.15, -0.1) is 0 Å². The highest BCUT2D eigenvalue weighted by Gasteiger charge is 2.22. The Morgan fingerprint density at radius 1 is 0.929 bits per heavy atom. The van der Waals surface area contributed by atoms with Crippen molar-refractivity contribution in [2.75, 3.05) is 4.90 Å². The summed E-state index contributed by atoms with van der Waals surface area (Å²) in [5, 5.41) is 0.734. The molecule has 0 aliphatic heterocycles. The minimum Gasteiger partial charge on any atom is -0.279 e. The van der Waals surface area contributed by atoms with Crippen LogP contribution in [0.2, 0.25) is 0 Å². The molecule has 0 fully saturated rings. The smallest absolute Gasteiger partial charge is 0.260 e. The Balaban J connectivity index is 1.80. The van der Waals surface area contributed by atoms with E-state index in [-0.39, 0.29) is 5.91 Å². The average molecular weight is 387 g/mol. The van der Waals surface area contributed by atoms with Crippen molar-refractivity contribution in [3.8, 4) is 0 Å². The number of carbonyl (C=O) groups excluding carboxylic acids is 1. The van der Waals surface area contributed by atoms with Crippen LogP contribution in [-0.4, -0.2) is 10.9 Å². The van der Waals surface area contributed by atoms with Gasteiger partial charge in [0.1, 0.15) is 0 Å². The van der Waals surface area contributed by atoms with Crippen molar-refractivity contribution in [1.29, 1.82) is 0 Å². The zero-order chi connectivity index (χ0) is 19.7. The molecule has 0 aliphatic rings. The van der Waals surface area contributed by atoms with Crippen LogP contribution in [0.4, 0.5) is 5.13 Å². The summed E-state index contributed by atoms with van der Waals surface area (Å²) in [6.07, 6.45) is 0. The van der Waals surface area contributed by atoms with Crippen LogP contribution < -0.4 is 4.90 Å². The maximum atomic E-state index is 13.5. The SMILES string of the molecule is Cc1cc(C)cc(C(=O)N(Cc2ccccc2)c2nc3c(C)cccc3s2)c1. The lowest BCUT2D eigenvalue weighted by Crippen LogP contribution is -2.30. The van der Waals surface area contributed by atoms with Crippen LogP contribution in [0.3, 0.4) is 0 Å². The lowest BCUT2D eigenvalue weighted by molar-refractivity contribution is 0.0985. The van der Waals surface area contributed by atoms with Crippen molar-refractivity contribution >= 4 is 32.6 Å². The van der Waals surface area contributed by atoms with Crippen molar-refractivity contribution in [3.63, 3.8) is 0 Å². The molecular weight excluding hydrogens is 364 g/mol. The predicted octanol–water partition coefficient (Wildman–Crippen LogP) is 6.07. The minimum absolute atomic E-state index is 0.0210. The molecule has 28 heavy (non-hydrogen) atoms. The monoisotopic (exact) mass is 386 g/mol. The second-order valence-electron chi connectivity index (χ2n) is 7.17. The molecule has 0 bridgehead atoms. The molecule has 4 rings (SSSR count). The van der Waals surface area contributed by atoms with Gasteiger partial charge in [0.2, 0.25) is 0 Å². The topological polar surface area (TPSA) is 33.2 Å². The van der Waals surface area contributed by atoms with E-state index in [2.05, 4.69) is 25.1 Å². The Morgan fingerprint density at radius 3 is 2.32 bits per heavy atom. The summed E-state index contributed by atoms with van der Waals surface area (Å²) in [6, 6.07) is 22.2. The first kappa shape index (κ1) is 18.4. The summed E-state index contributed by atoms with van der Waals surface area (Å²) >= 11 is 1.56. The molecule has 0 aliphatic carbocycles. The maximum Gasteiger partial charge on any atom is 0.260 e. The van der Waals surface area contributed by atoms with Crippen LogP contribution >= 0.6 is 11.3 Å². The number of rotatable bonds is 4. The second-order valence-corrected chi connectivity index (χ2v) is 8.18. The summed E-state index contributed by atoms with van der Waals surface area (Å²) in [4.78, 5) is 20.1. The summed E-state index contributed by atoms with van der Waals surface area (Å²) in [6.45, 7) is 6.59. The molecule has 3 nitrogen and oxygen atoms in total. The standard InChI is InChI=1S/C24H22N2OS/c1-16-12-17(2)14-20(13-16)23(27)26(15-19-9-5-4-6-10-19)24-25-22-18(3)8-7-11-21(22)28-24/h4-14H,15H2,1-3H3. The molecule has 0 unspecified atom stereocenters. The molecule has 1 heterocycles. The van der Waals surface area contributed by atoms with Crippen molar-refractivity contribution < 1.29 is 4.79 Å². The van der Waals surface area contributed by atoms with Gasteiger partial charge < -0.3 is 0 Å². The predicted molar refractivity (Wildman–Crippen MR) is 117 cm³/mol. The van der Waals surface area contributed by atoms with Gasteiger partial charge in [0.25, 0.3) is 5.91 Å². The van der Waals surface area contributed by atoms with Gasteiger partial charge in [-0.2, -0.15) is 0 Å². The molecular formula is C24H22N2OS. The van der Waals surface area contributed by atoms with Gasteiger partial charge in [-0.25, -0.2) is 4.98 Å². The van der Waals surface area contributed by atoms with E-state index >= 15 is 0 Å². The van der Waals surface area contributed by atoms with E-state index in [1.165, 1.54) is 0 Å². The van der Waals surface area contributed by atoms with Crippen LogP contribution in [0.15, 0.2) is 66.7 Å². The zero-order valence-corrected chi connectivity index (χ0v) is 17.1. The van der Waals surface area contributed by atoms with E-state index in [0.717, 1.165) is 37.6 Å². The van der Waals surface area contributed by atoms with Crippen LogP contribution in [0.25, 0.3) is 10.2 Å². The lowest BCUT2D eigenvalue weighted by atomic mass is 10.1. The number of hydrogen-bond donors (Lipinski definition) is 0. The first-order chi connectivity index (χ1) is 13.5. The van der Waals surface area contributed by atoms with E-state index in [4.69, 9.17) is 4.98 Å². The molecule has 0 saturated carbocycles. The Hall–Kier alpha value is -2.98. The zero-order valence-electron chi connectivity index (χ0n) is 16.3. The lowest BCUT2D eigenvalue weighted by Gasteiger charge is -2.20. The first-order valence-corrected chi connectivity index (χ1v) is 10.1. The molecule has 4 aromatic rings. The third-order valence-electron chi connectivity index (χ3n) is 4.74. The largest absolute Gasteiger partial charge is 0.279 e. The number of nitrogens with zero attached hydrogens (tertiary/aromatic N) is 2. The third-order valence-corrected chi connectivity index (χ3v) is 5.78. The Kier molecular flexibility index (Phi) is 4.97. The van der Waals surface area contributed by atoms with Gasteiger partial charge in [-0.1, -0.05) is 71.0 Å². The number of hydrogen-bond acceptors (Lipinski definition) is 3. The molecule has 0 N–H and O–H groups in total. The number of fused-ring (bicyclic) bond motifs is 1. The van der Waals surface area contributed by atoms with E-state index in [9.17, 15) is 4.79 Å². The fourth-order valence-electron chi connectivity index (χ4n) is 3.44. The minimum atomic E-state index is -0.0210. The Bertz CT molecular complexity index is 1130. The van der Waals surface area contributed by atoms with Crippen LogP contribution in [0.1, 0.15) is 32.6 Å². The summed E-state index contributed by atoms with van der Waals surface area (Å²) in [7, 11) is 0. The molecule has 0 saturated heterocycles. The number of para-hydroxylation sites is 1. The highest BCUT2D eigenvalue weighted by molar-refractivity contribution is 7.22. The Labute approximate surface area is 169 Å². The molecule has 1 aromatic heterocycles. The van der Waals surface area contributed by atoms with E-state index in [0.29, 0.717) is 12.1 Å². The fourth-order valence-corrected chi connectivity index (χ4v) is 4.48. The van der Waals surface area contributed by atoms with Gasteiger partial charge in [0.05, 0.1) is 16.8 Å². The van der Waals surface area contributed by atoms with Gasteiger partial charge in [0, 0.05) is 5.56 Å².